The number of esters is 1. The highest BCUT2D eigenvalue weighted by Crippen LogP contribution is 2.28. The van der Waals surface area contributed by atoms with Gasteiger partial charge in [-0.1, -0.05) is 40.9 Å². The molecule has 0 bridgehead atoms. The molecule has 0 spiro atoms. The first-order chi connectivity index (χ1) is 14.2. The number of nitrogens with two attached hydrogens (primary N) is 2. The Morgan fingerprint density at radius 1 is 1.13 bits per heavy atom. The van der Waals surface area contributed by atoms with Gasteiger partial charge < -0.3 is 16.2 Å². The summed E-state index contributed by atoms with van der Waals surface area (Å²) in [5.41, 5.74) is 12.8. The van der Waals surface area contributed by atoms with E-state index in [1.165, 1.54) is 12.2 Å². The van der Waals surface area contributed by atoms with Crippen molar-refractivity contribution in [3.05, 3.63) is 62.1 Å². The Labute approximate surface area is 186 Å². The number of carbonyl (C=O) groups excluding carboxylic acids is 1. The Hall–Kier alpha value is -2.88. The van der Waals surface area contributed by atoms with Gasteiger partial charge in [-0.2, -0.15) is 20.1 Å². The lowest BCUT2D eigenvalue weighted by Gasteiger charge is -2.08. The SMILES string of the molecule is Cc1nn(Cc2c(Cl)cccc2Cl)c(Cl)c1/C=C/C(=O)OCc1nc(N)nc(N)n1. The smallest absolute Gasteiger partial charge is 0.331 e. The molecule has 0 fully saturated rings. The highest BCUT2D eigenvalue weighted by molar-refractivity contribution is 6.36. The fraction of sp³-hybridized carbons (Fsp3) is 0.167. The average Bonchev–Trinajstić information content (AvgIpc) is 2.93. The number of carbonyl (C=O) groups is 1. The summed E-state index contributed by atoms with van der Waals surface area (Å²) < 4.78 is 6.63. The van der Waals surface area contributed by atoms with Crippen LogP contribution in [0.25, 0.3) is 6.08 Å². The van der Waals surface area contributed by atoms with Crippen LogP contribution in [0, 0.1) is 6.92 Å². The maximum absolute atomic E-state index is 12.0. The molecule has 3 aromatic rings. The number of aryl methyl sites for hydroxylation is 1. The second-order valence-corrected chi connectivity index (χ2v) is 7.23. The molecule has 0 saturated heterocycles. The normalized spacial score (nSPS) is 11.2. The van der Waals surface area contributed by atoms with Gasteiger partial charge >= 0.3 is 5.97 Å². The summed E-state index contributed by atoms with van der Waals surface area (Å²) in [6, 6.07) is 5.22. The van der Waals surface area contributed by atoms with Crippen molar-refractivity contribution in [2.24, 2.45) is 0 Å². The predicted octanol–water partition coefficient (Wildman–Crippen LogP) is 3.31. The number of halogens is 3. The Morgan fingerprint density at radius 2 is 1.77 bits per heavy atom. The molecule has 0 aliphatic heterocycles. The molecule has 0 saturated carbocycles. The maximum atomic E-state index is 12.0. The van der Waals surface area contributed by atoms with Crippen molar-refractivity contribution in [2.45, 2.75) is 20.1 Å². The van der Waals surface area contributed by atoms with Crippen LogP contribution in [0.15, 0.2) is 24.3 Å². The molecule has 2 heterocycles. The highest BCUT2D eigenvalue weighted by atomic mass is 35.5. The molecule has 0 radical (unpaired) electrons. The molecular formula is C18H16Cl3N7O2. The van der Waals surface area contributed by atoms with Gasteiger partial charge in [0.1, 0.15) is 5.15 Å². The van der Waals surface area contributed by atoms with Crippen LogP contribution in [0.5, 0.6) is 0 Å². The van der Waals surface area contributed by atoms with Gasteiger partial charge in [-0.3, -0.25) is 0 Å². The van der Waals surface area contributed by atoms with Crippen LogP contribution in [0.4, 0.5) is 11.9 Å². The largest absolute Gasteiger partial charge is 0.454 e. The second-order valence-electron chi connectivity index (χ2n) is 6.06. The van der Waals surface area contributed by atoms with Gasteiger partial charge in [0.05, 0.1) is 12.2 Å². The monoisotopic (exact) mass is 467 g/mol. The quantitative estimate of drug-likeness (QED) is 0.415. The summed E-state index contributed by atoms with van der Waals surface area (Å²) in [5.74, 6) is -0.611. The standard InChI is InChI=1S/C18H16Cl3N7O2/c1-9-10(5-6-15(29)30-8-14-24-17(22)26-18(23)25-14)16(21)28(27-9)7-11-12(19)3-2-4-13(11)20/h2-6H,7-8H2,1H3,(H4,22,23,24,25,26)/b6-5+. The molecule has 4 N–H and O–H groups in total. The van der Waals surface area contributed by atoms with E-state index in [2.05, 4.69) is 20.1 Å². The highest BCUT2D eigenvalue weighted by Gasteiger charge is 2.15. The zero-order valence-corrected chi connectivity index (χ0v) is 17.9. The van der Waals surface area contributed by atoms with Crippen LogP contribution in [-0.2, 0) is 22.7 Å². The molecule has 2 aromatic heterocycles. The number of hydrogen-bond acceptors (Lipinski definition) is 8. The molecule has 9 nitrogen and oxygen atoms in total. The van der Waals surface area contributed by atoms with E-state index < -0.39 is 5.97 Å². The number of ether oxygens (including phenoxy) is 1. The predicted molar refractivity (Wildman–Crippen MR) is 115 cm³/mol. The lowest BCUT2D eigenvalue weighted by molar-refractivity contribution is -0.139. The number of rotatable bonds is 6. The molecule has 12 heteroatoms. The van der Waals surface area contributed by atoms with Crippen LogP contribution in [0.2, 0.25) is 15.2 Å². The zero-order chi connectivity index (χ0) is 21.8. The molecule has 0 unspecified atom stereocenters. The summed E-state index contributed by atoms with van der Waals surface area (Å²) in [6.45, 7) is 1.83. The van der Waals surface area contributed by atoms with Gasteiger partial charge in [-0.25, -0.2) is 9.48 Å². The minimum atomic E-state index is -0.634. The van der Waals surface area contributed by atoms with E-state index in [1.807, 2.05) is 0 Å². The summed E-state index contributed by atoms with van der Waals surface area (Å²) in [6.07, 6.45) is 2.73. The van der Waals surface area contributed by atoms with E-state index in [-0.39, 0.29) is 30.9 Å². The van der Waals surface area contributed by atoms with Gasteiger partial charge in [0, 0.05) is 27.2 Å². The van der Waals surface area contributed by atoms with Crippen molar-refractivity contribution in [3.63, 3.8) is 0 Å². The van der Waals surface area contributed by atoms with E-state index in [0.717, 1.165) is 0 Å². The summed E-state index contributed by atoms with van der Waals surface area (Å²) in [5, 5.41) is 5.73. The van der Waals surface area contributed by atoms with E-state index in [9.17, 15) is 4.79 Å². The van der Waals surface area contributed by atoms with Crippen molar-refractivity contribution >= 4 is 58.7 Å². The Bertz CT molecular complexity index is 1090. The van der Waals surface area contributed by atoms with E-state index >= 15 is 0 Å². The van der Waals surface area contributed by atoms with E-state index in [4.69, 9.17) is 51.0 Å². The topological polar surface area (TPSA) is 135 Å². The van der Waals surface area contributed by atoms with Gasteiger partial charge in [-0.05, 0) is 25.1 Å². The number of nitrogens with zero attached hydrogens (tertiary/aromatic N) is 5. The fourth-order valence-corrected chi connectivity index (χ4v) is 3.37. The first-order valence-corrected chi connectivity index (χ1v) is 9.64. The van der Waals surface area contributed by atoms with Crippen molar-refractivity contribution in [1.29, 1.82) is 0 Å². The molecule has 156 valence electrons. The molecule has 3 rings (SSSR count). The van der Waals surface area contributed by atoms with Crippen molar-refractivity contribution in [1.82, 2.24) is 24.7 Å². The Kier molecular flexibility index (Phi) is 6.76. The number of aromatic nitrogens is 5. The zero-order valence-electron chi connectivity index (χ0n) is 15.6. The van der Waals surface area contributed by atoms with Gasteiger partial charge in [-0.15, -0.1) is 0 Å². The first kappa shape index (κ1) is 21.8. The van der Waals surface area contributed by atoms with Crippen molar-refractivity contribution in [2.75, 3.05) is 11.5 Å². The van der Waals surface area contributed by atoms with Crippen molar-refractivity contribution < 1.29 is 9.53 Å². The molecule has 0 atom stereocenters. The number of anilines is 2. The summed E-state index contributed by atoms with van der Waals surface area (Å²) in [4.78, 5) is 23.3. The van der Waals surface area contributed by atoms with Crippen molar-refractivity contribution in [3.8, 4) is 0 Å². The third kappa shape index (κ3) is 5.18. The molecular weight excluding hydrogens is 453 g/mol. The average molecular weight is 469 g/mol. The number of benzene rings is 1. The van der Waals surface area contributed by atoms with E-state index in [0.29, 0.717) is 32.0 Å². The second kappa shape index (κ2) is 9.29. The van der Waals surface area contributed by atoms with Gasteiger partial charge in [0.15, 0.2) is 12.4 Å². The Morgan fingerprint density at radius 3 is 2.40 bits per heavy atom. The van der Waals surface area contributed by atoms with Crippen LogP contribution < -0.4 is 11.5 Å². The lowest BCUT2D eigenvalue weighted by Crippen LogP contribution is -2.09. The Balaban J connectivity index is 1.70. The molecule has 0 aliphatic carbocycles. The fourth-order valence-electron chi connectivity index (χ4n) is 2.55. The summed E-state index contributed by atoms with van der Waals surface area (Å²) >= 11 is 18.9. The number of nitrogen functional groups attached to an aromatic ring is 2. The molecule has 0 amide bonds. The van der Waals surface area contributed by atoms with Gasteiger partial charge in [0.25, 0.3) is 0 Å². The maximum Gasteiger partial charge on any atom is 0.331 e. The third-order valence-corrected chi connectivity index (χ3v) is 5.03. The minimum Gasteiger partial charge on any atom is -0.454 e. The van der Waals surface area contributed by atoms with E-state index in [1.54, 1.807) is 29.8 Å². The lowest BCUT2D eigenvalue weighted by atomic mass is 10.2. The van der Waals surface area contributed by atoms with Crippen LogP contribution in [0.3, 0.4) is 0 Å². The molecule has 1 aromatic carbocycles. The van der Waals surface area contributed by atoms with Crippen LogP contribution in [-0.4, -0.2) is 30.7 Å². The first-order valence-electron chi connectivity index (χ1n) is 8.51. The van der Waals surface area contributed by atoms with Crippen LogP contribution in [0.1, 0.15) is 22.6 Å². The number of hydrogen-bond donors (Lipinski definition) is 2. The molecule has 30 heavy (non-hydrogen) atoms. The minimum absolute atomic E-state index is 0.0578. The molecule has 0 aliphatic rings. The third-order valence-electron chi connectivity index (χ3n) is 3.92. The van der Waals surface area contributed by atoms with Gasteiger partial charge in [0.2, 0.25) is 11.9 Å². The van der Waals surface area contributed by atoms with Crippen LogP contribution >= 0.6 is 34.8 Å². The summed E-state index contributed by atoms with van der Waals surface area (Å²) in [7, 11) is 0.